The van der Waals surface area contributed by atoms with Gasteiger partial charge in [-0.2, -0.15) is 0 Å². The molecule has 0 saturated carbocycles. The summed E-state index contributed by atoms with van der Waals surface area (Å²) in [5.41, 5.74) is 1.13. The fraction of sp³-hybridized carbons (Fsp3) is 0.158. The SMILES string of the molecule is C=CCOc1ccc(C(=O)NCCNC(=O)c2ccccc2)cc1. The molecule has 2 rings (SSSR count). The first kappa shape index (κ1) is 17.3. The summed E-state index contributed by atoms with van der Waals surface area (Å²) in [6.45, 7) is 4.71. The average Bonchev–Trinajstić information content (AvgIpc) is 2.64. The maximum Gasteiger partial charge on any atom is 0.251 e. The second-order valence-electron chi connectivity index (χ2n) is 5.00. The van der Waals surface area contributed by atoms with Crippen molar-refractivity contribution in [1.82, 2.24) is 10.6 Å². The van der Waals surface area contributed by atoms with Crippen molar-refractivity contribution in [2.75, 3.05) is 19.7 Å². The molecule has 0 aliphatic rings. The number of rotatable bonds is 8. The van der Waals surface area contributed by atoms with Crippen molar-refractivity contribution in [2.24, 2.45) is 0 Å². The molecule has 0 aliphatic carbocycles. The second-order valence-corrected chi connectivity index (χ2v) is 5.00. The van der Waals surface area contributed by atoms with Crippen molar-refractivity contribution < 1.29 is 14.3 Å². The van der Waals surface area contributed by atoms with Crippen LogP contribution >= 0.6 is 0 Å². The molecule has 5 heteroatoms. The number of benzene rings is 2. The molecule has 0 fully saturated rings. The van der Waals surface area contributed by atoms with E-state index < -0.39 is 0 Å². The predicted molar refractivity (Wildman–Crippen MR) is 93.2 cm³/mol. The predicted octanol–water partition coefficient (Wildman–Crippen LogP) is 2.41. The van der Waals surface area contributed by atoms with Gasteiger partial charge in [-0.1, -0.05) is 30.9 Å². The Morgan fingerprint density at radius 1 is 0.875 bits per heavy atom. The van der Waals surface area contributed by atoms with Crippen molar-refractivity contribution in [1.29, 1.82) is 0 Å². The Morgan fingerprint density at radius 3 is 1.96 bits per heavy atom. The van der Waals surface area contributed by atoms with Crippen LogP contribution in [-0.4, -0.2) is 31.5 Å². The van der Waals surface area contributed by atoms with E-state index in [1.165, 1.54) is 0 Å². The zero-order valence-corrected chi connectivity index (χ0v) is 13.3. The minimum atomic E-state index is -0.195. The first-order chi connectivity index (χ1) is 11.7. The highest BCUT2D eigenvalue weighted by Crippen LogP contribution is 2.12. The van der Waals surface area contributed by atoms with E-state index in [9.17, 15) is 9.59 Å². The first-order valence-electron chi connectivity index (χ1n) is 7.66. The van der Waals surface area contributed by atoms with Gasteiger partial charge in [0, 0.05) is 24.2 Å². The van der Waals surface area contributed by atoms with E-state index >= 15 is 0 Å². The summed E-state index contributed by atoms with van der Waals surface area (Å²) in [5.74, 6) is 0.328. The van der Waals surface area contributed by atoms with Crippen molar-refractivity contribution in [3.8, 4) is 5.75 Å². The molecule has 0 aromatic heterocycles. The Labute approximate surface area is 141 Å². The molecular weight excluding hydrogens is 304 g/mol. The van der Waals surface area contributed by atoms with E-state index in [0.29, 0.717) is 36.6 Å². The van der Waals surface area contributed by atoms with E-state index in [2.05, 4.69) is 17.2 Å². The van der Waals surface area contributed by atoms with Crippen LogP contribution in [-0.2, 0) is 0 Å². The lowest BCUT2D eigenvalue weighted by molar-refractivity contribution is 0.0927. The van der Waals surface area contributed by atoms with E-state index in [-0.39, 0.29) is 11.8 Å². The highest BCUT2D eigenvalue weighted by atomic mass is 16.5. The van der Waals surface area contributed by atoms with Gasteiger partial charge in [-0.15, -0.1) is 0 Å². The number of carbonyl (C=O) groups excluding carboxylic acids is 2. The third kappa shape index (κ3) is 5.28. The minimum Gasteiger partial charge on any atom is -0.490 e. The summed E-state index contributed by atoms with van der Waals surface area (Å²) in [5, 5.41) is 5.51. The van der Waals surface area contributed by atoms with E-state index in [1.807, 2.05) is 6.07 Å². The lowest BCUT2D eigenvalue weighted by atomic mass is 10.2. The molecule has 5 nitrogen and oxygen atoms in total. The molecule has 0 spiro atoms. The van der Waals surface area contributed by atoms with Crippen LogP contribution in [0.4, 0.5) is 0 Å². The van der Waals surface area contributed by atoms with Crippen LogP contribution < -0.4 is 15.4 Å². The number of hydrogen-bond acceptors (Lipinski definition) is 3. The van der Waals surface area contributed by atoms with Gasteiger partial charge in [-0.25, -0.2) is 0 Å². The van der Waals surface area contributed by atoms with Crippen molar-refractivity contribution in [2.45, 2.75) is 0 Å². The number of amides is 2. The van der Waals surface area contributed by atoms with Gasteiger partial charge in [0.15, 0.2) is 0 Å². The molecule has 0 aliphatic heterocycles. The first-order valence-corrected chi connectivity index (χ1v) is 7.66. The van der Waals surface area contributed by atoms with E-state index in [0.717, 1.165) is 0 Å². The standard InChI is InChI=1S/C19H20N2O3/c1-2-14-24-17-10-8-16(9-11-17)19(23)21-13-12-20-18(22)15-6-4-3-5-7-15/h2-11H,1,12-14H2,(H,20,22)(H,21,23). The normalized spacial score (nSPS) is 9.83. The Morgan fingerprint density at radius 2 is 1.42 bits per heavy atom. The minimum absolute atomic E-state index is 0.159. The van der Waals surface area contributed by atoms with Crippen LogP contribution in [0.1, 0.15) is 20.7 Å². The molecule has 2 amide bonds. The summed E-state index contributed by atoms with van der Waals surface area (Å²) in [7, 11) is 0. The van der Waals surface area contributed by atoms with Crippen molar-refractivity contribution >= 4 is 11.8 Å². The fourth-order valence-electron chi connectivity index (χ4n) is 2.00. The van der Waals surface area contributed by atoms with Gasteiger partial charge in [-0.05, 0) is 36.4 Å². The summed E-state index contributed by atoms with van der Waals surface area (Å²) in [6.07, 6.45) is 1.66. The Balaban J connectivity index is 1.73. The zero-order valence-electron chi connectivity index (χ0n) is 13.3. The quantitative estimate of drug-likeness (QED) is 0.579. The van der Waals surface area contributed by atoms with E-state index in [4.69, 9.17) is 4.74 Å². The fourth-order valence-corrected chi connectivity index (χ4v) is 2.00. The Kier molecular flexibility index (Phi) is 6.58. The molecule has 0 unspecified atom stereocenters. The third-order valence-electron chi connectivity index (χ3n) is 3.22. The van der Waals surface area contributed by atoms with Crippen LogP contribution in [0, 0.1) is 0 Å². The summed E-state index contributed by atoms with van der Waals surface area (Å²) in [4.78, 5) is 23.8. The van der Waals surface area contributed by atoms with Crippen LogP contribution in [0.3, 0.4) is 0 Å². The zero-order chi connectivity index (χ0) is 17.2. The molecule has 124 valence electrons. The number of ether oxygens (including phenoxy) is 1. The topological polar surface area (TPSA) is 67.4 Å². The summed E-state index contributed by atoms with van der Waals surface area (Å²) < 4.78 is 5.36. The van der Waals surface area contributed by atoms with E-state index in [1.54, 1.807) is 54.6 Å². The van der Waals surface area contributed by atoms with Gasteiger partial charge in [0.05, 0.1) is 0 Å². The number of nitrogens with one attached hydrogen (secondary N) is 2. The highest BCUT2D eigenvalue weighted by molar-refractivity contribution is 5.95. The highest BCUT2D eigenvalue weighted by Gasteiger charge is 2.06. The smallest absolute Gasteiger partial charge is 0.251 e. The Bertz CT molecular complexity index is 682. The number of carbonyl (C=O) groups is 2. The maximum absolute atomic E-state index is 12.0. The van der Waals surface area contributed by atoms with Gasteiger partial charge in [0.25, 0.3) is 11.8 Å². The van der Waals surface area contributed by atoms with Crippen molar-refractivity contribution in [3.05, 3.63) is 78.4 Å². The van der Waals surface area contributed by atoms with Gasteiger partial charge in [0.2, 0.25) is 0 Å². The molecule has 24 heavy (non-hydrogen) atoms. The molecule has 0 bridgehead atoms. The monoisotopic (exact) mass is 324 g/mol. The molecule has 0 heterocycles. The largest absolute Gasteiger partial charge is 0.490 e. The van der Waals surface area contributed by atoms with Crippen LogP contribution in [0.15, 0.2) is 67.3 Å². The Hall–Kier alpha value is -3.08. The molecule has 0 saturated heterocycles. The molecule has 2 aromatic rings. The molecule has 0 atom stereocenters. The summed E-state index contributed by atoms with van der Waals surface area (Å²) in [6, 6.07) is 15.8. The average molecular weight is 324 g/mol. The van der Waals surface area contributed by atoms with Gasteiger partial charge >= 0.3 is 0 Å². The molecular formula is C19H20N2O3. The molecule has 2 aromatic carbocycles. The second kappa shape index (κ2) is 9.15. The van der Waals surface area contributed by atoms with Crippen LogP contribution in [0.2, 0.25) is 0 Å². The maximum atomic E-state index is 12.0. The molecule has 2 N–H and O–H groups in total. The van der Waals surface area contributed by atoms with Gasteiger partial charge in [0.1, 0.15) is 12.4 Å². The number of hydrogen-bond donors (Lipinski definition) is 2. The summed E-state index contributed by atoms with van der Waals surface area (Å²) >= 11 is 0. The third-order valence-corrected chi connectivity index (χ3v) is 3.22. The molecule has 0 radical (unpaired) electrons. The van der Waals surface area contributed by atoms with Crippen LogP contribution in [0.25, 0.3) is 0 Å². The lowest BCUT2D eigenvalue weighted by Gasteiger charge is -2.08. The van der Waals surface area contributed by atoms with Crippen molar-refractivity contribution in [3.63, 3.8) is 0 Å². The van der Waals surface area contributed by atoms with Gasteiger partial charge < -0.3 is 15.4 Å². The van der Waals surface area contributed by atoms with Crippen LogP contribution in [0.5, 0.6) is 5.75 Å². The lowest BCUT2D eigenvalue weighted by Crippen LogP contribution is -2.34. The van der Waals surface area contributed by atoms with Gasteiger partial charge in [-0.3, -0.25) is 9.59 Å².